The number of alkyl halides is 2. The highest BCUT2D eigenvalue weighted by molar-refractivity contribution is 5.91. The molecule has 1 aromatic carbocycles. The summed E-state index contributed by atoms with van der Waals surface area (Å²) in [6, 6.07) is 2.71. The average molecular weight is 503 g/mol. The number of carbonyl (C=O) groups excluding carboxylic acids is 1. The third-order valence-corrected chi connectivity index (χ3v) is 5.55. The van der Waals surface area contributed by atoms with Crippen molar-refractivity contribution in [3.63, 3.8) is 0 Å². The van der Waals surface area contributed by atoms with E-state index in [1.165, 1.54) is 18.2 Å². The Morgan fingerprint density at radius 1 is 1.08 bits per heavy atom. The van der Waals surface area contributed by atoms with Gasteiger partial charge in [0.25, 0.3) is 5.92 Å². The summed E-state index contributed by atoms with van der Waals surface area (Å²) < 4.78 is 44.6. The first-order valence-electron chi connectivity index (χ1n) is 11.8. The van der Waals surface area contributed by atoms with Crippen LogP contribution >= 0.6 is 0 Å². The topological polar surface area (TPSA) is 68.9 Å². The second kappa shape index (κ2) is 11.1. The fourth-order valence-electron chi connectivity index (χ4n) is 3.98. The lowest BCUT2D eigenvalue weighted by atomic mass is 9.90. The molecule has 2 rings (SSSR count). The maximum absolute atomic E-state index is 14.9. The number of hydrogen-bond acceptors (Lipinski definition) is 3. The standard InChI is InChI=1S/C28H37F3N4O/c1-10-17(3)33-23-13-22(32-15-36)20(12-21(23)29)16(2)11-24-25(28(9,30)31)26(19(5)35-24)34-18(4)14-27(6,7)8/h11-13,15,33-35H,3-4,10,14H2,1-2,5-9H3,(H,32,36)/b16-11+. The number of aryl methyl sites for hydroxylation is 1. The van der Waals surface area contributed by atoms with Crippen molar-refractivity contribution in [2.24, 2.45) is 5.41 Å². The van der Waals surface area contributed by atoms with Gasteiger partial charge in [-0.25, -0.2) is 13.2 Å². The molecule has 0 atom stereocenters. The first-order valence-corrected chi connectivity index (χ1v) is 11.8. The Kier molecular flexibility index (Phi) is 8.88. The lowest BCUT2D eigenvalue weighted by molar-refractivity contribution is -0.105. The van der Waals surface area contributed by atoms with E-state index in [0.29, 0.717) is 53.2 Å². The Bertz CT molecular complexity index is 1180. The van der Waals surface area contributed by atoms with E-state index in [-0.39, 0.29) is 28.0 Å². The Morgan fingerprint density at radius 3 is 2.25 bits per heavy atom. The molecule has 0 aliphatic rings. The van der Waals surface area contributed by atoms with Gasteiger partial charge in [0.15, 0.2) is 0 Å². The average Bonchev–Trinajstić information content (AvgIpc) is 3.03. The predicted molar refractivity (Wildman–Crippen MR) is 145 cm³/mol. The molecule has 0 aliphatic heterocycles. The van der Waals surface area contributed by atoms with Crippen LogP contribution in [0.2, 0.25) is 0 Å². The molecule has 0 bridgehead atoms. The summed E-state index contributed by atoms with van der Waals surface area (Å²) in [5, 5.41) is 8.53. The predicted octanol–water partition coefficient (Wildman–Crippen LogP) is 8.40. The van der Waals surface area contributed by atoms with Gasteiger partial charge in [-0.1, -0.05) is 40.9 Å². The summed E-state index contributed by atoms with van der Waals surface area (Å²) in [7, 11) is 0. The van der Waals surface area contributed by atoms with Crippen molar-refractivity contribution in [1.82, 2.24) is 4.98 Å². The molecule has 4 N–H and O–H groups in total. The van der Waals surface area contributed by atoms with Crippen LogP contribution in [-0.2, 0) is 10.7 Å². The number of rotatable bonds is 11. The van der Waals surface area contributed by atoms with Gasteiger partial charge in [0, 0.05) is 35.3 Å². The highest BCUT2D eigenvalue weighted by Crippen LogP contribution is 2.41. The SMILES string of the molecule is C=C(CC)Nc1cc(NC=O)c(/C(C)=C/c2[nH]c(C)c(NC(=C)CC(C)(C)C)c2C(C)(F)F)cc1F. The van der Waals surface area contributed by atoms with Gasteiger partial charge in [0.05, 0.1) is 22.6 Å². The fourth-order valence-corrected chi connectivity index (χ4v) is 3.98. The number of aromatic nitrogens is 1. The quantitative estimate of drug-likeness (QED) is 0.233. The lowest BCUT2D eigenvalue weighted by Gasteiger charge is -2.22. The number of benzene rings is 1. The summed E-state index contributed by atoms with van der Waals surface area (Å²) in [4.78, 5) is 14.3. The van der Waals surface area contributed by atoms with E-state index in [0.717, 1.165) is 6.92 Å². The number of hydrogen-bond donors (Lipinski definition) is 4. The number of anilines is 3. The van der Waals surface area contributed by atoms with Gasteiger partial charge in [-0.15, -0.1) is 0 Å². The minimum Gasteiger partial charge on any atom is -0.358 e. The van der Waals surface area contributed by atoms with Crippen LogP contribution in [-0.4, -0.2) is 11.4 Å². The van der Waals surface area contributed by atoms with Gasteiger partial charge >= 0.3 is 0 Å². The molecule has 1 amide bonds. The van der Waals surface area contributed by atoms with Crippen LogP contribution in [0.4, 0.5) is 30.2 Å². The zero-order valence-corrected chi connectivity index (χ0v) is 22.2. The third kappa shape index (κ3) is 7.29. The normalized spacial score (nSPS) is 12.3. The molecular weight excluding hydrogens is 465 g/mol. The van der Waals surface area contributed by atoms with Gasteiger partial charge in [-0.05, 0) is 55.9 Å². The van der Waals surface area contributed by atoms with Crippen LogP contribution in [0.25, 0.3) is 11.6 Å². The number of amides is 1. The van der Waals surface area contributed by atoms with Crippen molar-refractivity contribution in [2.45, 2.75) is 67.2 Å². The van der Waals surface area contributed by atoms with Gasteiger partial charge < -0.3 is 20.9 Å². The monoisotopic (exact) mass is 502 g/mol. The Hall–Kier alpha value is -3.42. The summed E-state index contributed by atoms with van der Waals surface area (Å²) in [5.74, 6) is -3.74. The number of halogens is 3. The van der Waals surface area contributed by atoms with Crippen molar-refractivity contribution in [3.05, 3.63) is 65.0 Å². The van der Waals surface area contributed by atoms with E-state index in [9.17, 15) is 18.0 Å². The smallest absolute Gasteiger partial charge is 0.274 e. The summed E-state index contributed by atoms with van der Waals surface area (Å²) >= 11 is 0. The maximum atomic E-state index is 14.9. The Balaban J connectivity index is 2.60. The molecule has 0 radical (unpaired) electrons. The molecule has 36 heavy (non-hydrogen) atoms. The van der Waals surface area contributed by atoms with E-state index < -0.39 is 11.7 Å². The maximum Gasteiger partial charge on any atom is 0.274 e. The van der Waals surface area contributed by atoms with Crippen molar-refractivity contribution in [3.8, 4) is 0 Å². The van der Waals surface area contributed by atoms with Gasteiger partial charge in [0.1, 0.15) is 5.82 Å². The van der Waals surface area contributed by atoms with Crippen molar-refractivity contribution < 1.29 is 18.0 Å². The van der Waals surface area contributed by atoms with E-state index in [2.05, 4.69) is 34.1 Å². The zero-order valence-electron chi connectivity index (χ0n) is 22.2. The summed E-state index contributed by atoms with van der Waals surface area (Å²) in [6.45, 7) is 20.0. The number of carbonyl (C=O) groups is 1. The molecule has 1 heterocycles. The van der Waals surface area contributed by atoms with Crippen molar-refractivity contribution >= 4 is 35.1 Å². The highest BCUT2D eigenvalue weighted by Gasteiger charge is 2.34. The molecule has 1 aromatic heterocycles. The van der Waals surface area contributed by atoms with E-state index in [1.54, 1.807) is 13.8 Å². The highest BCUT2D eigenvalue weighted by atomic mass is 19.3. The molecule has 0 saturated heterocycles. The molecule has 196 valence electrons. The second-order valence-electron chi connectivity index (χ2n) is 10.3. The van der Waals surface area contributed by atoms with Gasteiger partial charge in [0.2, 0.25) is 6.41 Å². The van der Waals surface area contributed by atoms with E-state index in [4.69, 9.17) is 0 Å². The number of H-pyrrole nitrogens is 1. The summed E-state index contributed by atoms with van der Waals surface area (Å²) in [5.41, 5.74) is 3.25. The molecule has 0 aliphatic carbocycles. The van der Waals surface area contributed by atoms with Crippen LogP contribution in [0.5, 0.6) is 0 Å². The Labute approximate surface area is 212 Å². The first kappa shape index (κ1) is 28.8. The third-order valence-electron chi connectivity index (χ3n) is 5.55. The molecular formula is C28H37F3N4O. The fraction of sp³-hybridized carbons (Fsp3) is 0.393. The molecule has 5 nitrogen and oxygen atoms in total. The number of aromatic amines is 1. The number of nitrogens with one attached hydrogen (secondary N) is 4. The first-order chi connectivity index (χ1) is 16.6. The van der Waals surface area contributed by atoms with Crippen LogP contribution < -0.4 is 16.0 Å². The molecule has 8 heteroatoms. The molecule has 0 spiro atoms. The van der Waals surface area contributed by atoms with E-state index in [1.807, 2.05) is 27.7 Å². The molecule has 0 unspecified atom stereocenters. The minimum atomic E-state index is -3.18. The number of allylic oxidation sites excluding steroid dienone is 3. The largest absolute Gasteiger partial charge is 0.358 e. The van der Waals surface area contributed by atoms with Gasteiger partial charge in [-0.2, -0.15) is 0 Å². The van der Waals surface area contributed by atoms with Crippen LogP contribution in [0.15, 0.2) is 36.7 Å². The molecule has 2 aromatic rings. The van der Waals surface area contributed by atoms with E-state index >= 15 is 0 Å². The van der Waals surface area contributed by atoms with Gasteiger partial charge in [-0.3, -0.25) is 4.79 Å². The zero-order chi connectivity index (χ0) is 27.4. The van der Waals surface area contributed by atoms with Crippen LogP contribution in [0.3, 0.4) is 0 Å². The van der Waals surface area contributed by atoms with Crippen LogP contribution in [0, 0.1) is 18.2 Å². The van der Waals surface area contributed by atoms with Crippen LogP contribution in [0.1, 0.15) is 76.9 Å². The lowest BCUT2D eigenvalue weighted by Crippen LogP contribution is -2.14. The summed E-state index contributed by atoms with van der Waals surface area (Å²) in [6.07, 6.45) is 3.20. The molecule has 0 fully saturated rings. The van der Waals surface area contributed by atoms with Crippen molar-refractivity contribution in [1.29, 1.82) is 0 Å². The second-order valence-corrected chi connectivity index (χ2v) is 10.3. The van der Waals surface area contributed by atoms with Crippen molar-refractivity contribution in [2.75, 3.05) is 16.0 Å². The minimum absolute atomic E-state index is 0.0704. The Morgan fingerprint density at radius 2 is 1.72 bits per heavy atom. The molecule has 0 saturated carbocycles.